The molecule has 1 N–H and O–H groups in total. The van der Waals surface area contributed by atoms with E-state index in [1.165, 1.54) is 37.2 Å². The Bertz CT molecular complexity index is 998. The van der Waals surface area contributed by atoms with Crippen LogP contribution in [0.15, 0.2) is 72.8 Å². The number of anilines is 1. The first-order valence-electron chi connectivity index (χ1n) is 11.4. The maximum atomic E-state index is 10.8. The van der Waals surface area contributed by atoms with E-state index in [0.29, 0.717) is 5.75 Å². The molecule has 5 rings (SSSR count). The Balaban J connectivity index is 1.40. The van der Waals surface area contributed by atoms with Crippen LogP contribution in [-0.2, 0) is 6.42 Å². The lowest BCUT2D eigenvalue weighted by Gasteiger charge is -2.39. The number of likely N-dealkylation sites (tertiary alicyclic amines) is 1. The molecule has 4 heteroatoms. The first-order valence-corrected chi connectivity index (χ1v) is 11.4. The van der Waals surface area contributed by atoms with Gasteiger partial charge >= 0.3 is 0 Å². The molecule has 3 aromatic rings. The third kappa shape index (κ3) is 4.26. The second kappa shape index (κ2) is 9.03. The molecule has 0 radical (unpaired) electrons. The predicted molar refractivity (Wildman–Crippen MR) is 125 cm³/mol. The van der Waals surface area contributed by atoms with Crippen LogP contribution in [0.3, 0.4) is 0 Å². The number of aromatic hydroxyl groups is 1. The number of benzene rings is 3. The molecular formula is C27H30N2O2. The summed E-state index contributed by atoms with van der Waals surface area (Å²) in [4.78, 5) is 4.86. The van der Waals surface area contributed by atoms with Crippen LogP contribution in [0.4, 0.5) is 5.69 Å². The standard InChI is InChI=1S/C27H30N2O2/c30-25-10-6-7-21-15-18-29(23-8-2-1-3-9-23)27(26(21)25)22-11-13-24(14-12-22)31-20-19-28-16-4-5-17-28/h1-3,6-14,27,30H,4-5,15-20H2. The zero-order valence-corrected chi connectivity index (χ0v) is 17.9. The highest BCUT2D eigenvalue weighted by atomic mass is 16.5. The summed E-state index contributed by atoms with van der Waals surface area (Å²) >= 11 is 0. The second-order valence-corrected chi connectivity index (χ2v) is 8.50. The van der Waals surface area contributed by atoms with Crippen molar-refractivity contribution in [1.82, 2.24) is 4.90 Å². The minimum atomic E-state index is -0.0222. The molecule has 3 aromatic carbocycles. The highest BCUT2D eigenvalue weighted by Gasteiger charge is 2.31. The van der Waals surface area contributed by atoms with Crippen molar-refractivity contribution in [2.24, 2.45) is 0 Å². The second-order valence-electron chi connectivity index (χ2n) is 8.50. The Hall–Kier alpha value is -2.98. The Morgan fingerprint density at radius 3 is 2.39 bits per heavy atom. The maximum Gasteiger partial charge on any atom is 0.121 e. The van der Waals surface area contributed by atoms with Crippen LogP contribution in [0.2, 0.25) is 0 Å². The van der Waals surface area contributed by atoms with E-state index >= 15 is 0 Å². The van der Waals surface area contributed by atoms with Gasteiger partial charge in [-0.3, -0.25) is 4.90 Å². The van der Waals surface area contributed by atoms with Gasteiger partial charge in [0.1, 0.15) is 18.1 Å². The number of ether oxygens (including phenoxy) is 1. The Labute approximate surface area is 184 Å². The van der Waals surface area contributed by atoms with Crippen molar-refractivity contribution in [1.29, 1.82) is 0 Å². The number of hydrogen-bond acceptors (Lipinski definition) is 4. The fourth-order valence-corrected chi connectivity index (χ4v) is 4.95. The lowest BCUT2D eigenvalue weighted by molar-refractivity contribution is 0.237. The van der Waals surface area contributed by atoms with Gasteiger partial charge in [-0.25, -0.2) is 0 Å². The van der Waals surface area contributed by atoms with E-state index in [9.17, 15) is 5.11 Å². The molecule has 0 amide bonds. The largest absolute Gasteiger partial charge is 0.508 e. The molecule has 0 aromatic heterocycles. The van der Waals surface area contributed by atoms with Crippen LogP contribution in [0.25, 0.3) is 0 Å². The van der Waals surface area contributed by atoms with Crippen LogP contribution in [-0.4, -0.2) is 42.8 Å². The van der Waals surface area contributed by atoms with Gasteiger partial charge in [0.15, 0.2) is 0 Å². The maximum absolute atomic E-state index is 10.8. The smallest absolute Gasteiger partial charge is 0.121 e. The fraction of sp³-hybridized carbons (Fsp3) is 0.333. The molecule has 0 saturated carbocycles. The number of nitrogens with zero attached hydrogens (tertiary/aromatic N) is 2. The van der Waals surface area contributed by atoms with Crippen molar-refractivity contribution < 1.29 is 9.84 Å². The van der Waals surface area contributed by atoms with Crippen LogP contribution in [0.5, 0.6) is 11.5 Å². The molecule has 1 saturated heterocycles. The van der Waals surface area contributed by atoms with Crippen LogP contribution in [0, 0.1) is 0 Å². The zero-order valence-electron chi connectivity index (χ0n) is 17.9. The summed E-state index contributed by atoms with van der Waals surface area (Å²) in [5.41, 5.74) is 4.58. The van der Waals surface area contributed by atoms with E-state index in [1.807, 2.05) is 12.1 Å². The van der Waals surface area contributed by atoms with Gasteiger partial charge in [-0.05, 0) is 73.8 Å². The topological polar surface area (TPSA) is 35.9 Å². The van der Waals surface area contributed by atoms with Gasteiger partial charge in [-0.15, -0.1) is 0 Å². The van der Waals surface area contributed by atoms with Gasteiger partial charge in [-0.1, -0.05) is 42.5 Å². The van der Waals surface area contributed by atoms with Crippen molar-refractivity contribution in [2.75, 3.05) is 37.7 Å². The molecule has 2 aliphatic heterocycles. The number of phenolic OH excluding ortho intramolecular Hbond substituents is 1. The molecule has 0 aliphatic carbocycles. The molecule has 31 heavy (non-hydrogen) atoms. The highest BCUT2D eigenvalue weighted by Crippen LogP contribution is 2.42. The van der Waals surface area contributed by atoms with Gasteiger partial charge in [-0.2, -0.15) is 0 Å². The Kier molecular flexibility index (Phi) is 5.81. The van der Waals surface area contributed by atoms with Gasteiger partial charge in [0.2, 0.25) is 0 Å². The zero-order chi connectivity index (χ0) is 21.0. The van der Waals surface area contributed by atoms with Crippen molar-refractivity contribution in [3.8, 4) is 11.5 Å². The third-order valence-corrected chi connectivity index (χ3v) is 6.54. The van der Waals surface area contributed by atoms with Crippen molar-refractivity contribution in [3.05, 3.63) is 89.5 Å². The van der Waals surface area contributed by atoms with E-state index in [-0.39, 0.29) is 6.04 Å². The average Bonchev–Trinajstić information content (AvgIpc) is 3.33. The minimum Gasteiger partial charge on any atom is -0.508 e. The lowest BCUT2D eigenvalue weighted by Crippen LogP contribution is -2.36. The van der Waals surface area contributed by atoms with Gasteiger partial charge in [0, 0.05) is 24.3 Å². The van der Waals surface area contributed by atoms with E-state index in [4.69, 9.17) is 4.74 Å². The molecule has 1 atom stereocenters. The predicted octanol–water partition coefficient (Wildman–Crippen LogP) is 5.02. The molecule has 2 aliphatic rings. The summed E-state index contributed by atoms with van der Waals surface area (Å²) < 4.78 is 6.01. The average molecular weight is 415 g/mol. The third-order valence-electron chi connectivity index (χ3n) is 6.54. The van der Waals surface area contributed by atoms with E-state index < -0.39 is 0 Å². The molecule has 4 nitrogen and oxygen atoms in total. The summed E-state index contributed by atoms with van der Waals surface area (Å²) in [7, 11) is 0. The lowest BCUT2D eigenvalue weighted by atomic mass is 9.87. The van der Waals surface area contributed by atoms with E-state index in [2.05, 4.69) is 64.4 Å². The SMILES string of the molecule is Oc1cccc2c1C(c1ccc(OCCN3CCCC3)cc1)N(c1ccccc1)CC2. The summed E-state index contributed by atoms with van der Waals surface area (Å²) in [5, 5.41) is 10.8. The van der Waals surface area contributed by atoms with Crippen LogP contribution >= 0.6 is 0 Å². The first-order chi connectivity index (χ1) is 15.3. The summed E-state index contributed by atoms with van der Waals surface area (Å²) in [6.45, 7) is 5.03. The van der Waals surface area contributed by atoms with Crippen molar-refractivity contribution in [3.63, 3.8) is 0 Å². The van der Waals surface area contributed by atoms with Crippen LogP contribution < -0.4 is 9.64 Å². The van der Waals surface area contributed by atoms with Crippen LogP contribution in [0.1, 0.15) is 35.6 Å². The first kappa shape index (κ1) is 20.0. The molecule has 1 fully saturated rings. The van der Waals surface area contributed by atoms with Gasteiger partial charge < -0.3 is 14.7 Å². The van der Waals surface area contributed by atoms with Gasteiger partial charge in [0.05, 0.1) is 6.04 Å². The number of hydrogen-bond donors (Lipinski definition) is 1. The molecule has 2 heterocycles. The number of para-hydroxylation sites is 1. The molecular weight excluding hydrogens is 384 g/mol. The summed E-state index contributed by atoms with van der Waals surface area (Å²) in [6.07, 6.45) is 3.54. The molecule has 0 spiro atoms. The van der Waals surface area contributed by atoms with Crippen molar-refractivity contribution in [2.45, 2.75) is 25.3 Å². The van der Waals surface area contributed by atoms with Crippen molar-refractivity contribution >= 4 is 5.69 Å². The van der Waals surface area contributed by atoms with E-state index in [0.717, 1.165) is 43.0 Å². The fourth-order valence-electron chi connectivity index (χ4n) is 4.95. The number of phenols is 1. The normalized spacial score (nSPS) is 18.7. The van der Waals surface area contributed by atoms with Gasteiger partial charge in [0.25, 0.3) is 0 Å². The number of fused-ring (bicyclic) bond motifs is 1. The highest BCUT2D eigenvalue weighted by molar-refractivity contribution is 5.59. The minimum absolute atomic E-state index is 0.0222. The molecule has 160 valence electrons. The summed E-state index contributed by atoms with van der Waals surface area (Å²) in [5.74, 6) is 1.27. The van der Waals surface area contributed by atoms with E-state index in [1.54, 1.807) is 6.07 Å². The Morgan fingerprint density at radius 2 is 1.61 bits per heavy atom. The molecule has 1 unspecified atom stereocenters. The number of rotatable bonds is 6. The molecule has 0 bridgehead atoms. The quantitative estimate of drug-likeness (QED) is 0.614. The summed E-state index contributed by atoms with van der Waals surface area (Å²) in [6, 6.07) is 24.8. The monoisotopic (exact) mass is 414 g/mol. The Morgan fingerprint density at radius 1 is 0.839 bits per heavy atom.